The van der Waals surface area contributed by atoms with E-state index in [0.29, 0.717) is 5.13 Å². The van der Waals surface area contributed by atoms with Gasteiger partial charge in [0.15, 0.2) is 5.13 Å². The van der Waals surface area contributed by atoms with Crippen LogP contribution in [0.25, 0.3) is 10.2 Å². The molecule has 2 rings (SSSR count). The number of nitrogens with one attached hydrogen (secondary N) is 1. The Bertz CT molecular complexity index is 575. The minimum Gasteiger partial charge on any atom is -0.302 e. The predicted molar refractivity (Wildman–Crippen MR) is 81.7 cm³/mol. The molecule has 0 fully saturated rings. The number of carbonyl (C=O) groups excluding carboxylic acids is 1. The third kappa shape index (κ3) is 3.53. The standard InChI is InChI=1S/C15H20N2OS/c1-4-5-6-11-7-8-12-13(9-11)19-15(16-12)17-14(18)10(2)3/h7-10H,4-6H2,1-3H3,(H,16,17,18). The highest BCUT2D eigenvalue weighted by Crippen LogP contribution is 2.27. The van der Waals surface area contributed by atoms with Crippen molar-refractivity contribution in [2.24, 2.45) is 5.92 Å². The van der Waals surface area contributed by atoms with Gasteiger partial charge in [0.05, 0.1) is 10.2 Å². The molecule has 0 radical (unpaired) electrons. The smallest absolute Gasteiger partial charge is 0.228 e. The van der Waals surface area contributed by atoms with Crippen molar-refractivity contribution in [3.05, 3.63) is 23.8 Å². The monoisotopic (exact) mass is 276 g/mol. The van der Waals surface area contributed by atoms with Crippen LogP contribution in [0.2, 0.25) is 0 Å². The molecular weight excluding hydrogens is 256 g/mol. The number of thiazole rings is 1. The average Bonchev–Trinajstić information content (AvgIpc) is 2.77. The zero-order valence-corrected chi connectivity index (χ0v) is 12.5. The number of anilines is 1. The highest BCUT2D eigenvalue weighted by Gasteiger charge is 2.10. The first-order chi connectivity index (χ1) is 9.10. The van der Waals surface area contributed by atoms with Gasteiger partial charge in [0.2, 0.25) is 5.91 Å². The van der Waals surface area contributed by atoms with Gasteiger partial charge in [-0.1, -0.05) is 44.6 Å². The number of carbonyl (C=O) groups is 1. The second-order valence-corrected chi connectivity index (χ2v) is 6.10. The Morgan fingerprint density at radius 2 is 2.21 bits per heavy atom. The third-order valence-electron chi connectivity index (χ3n) is 3.03. The molecule has 1 aromatic carbocycles. The van der Waals surface area contributed by atoms with Gasteiger partial charge in [-0.2, -0.15) is 0 Å². The van der Waals surface area contributed by atoms with Gasteiger partial charge in [-0.15, -0.1) is 0 Å². The lowest BCUT2D eigenvalue weighted by Gasteiger charge is -2.02. The lowest BCUT2D eigenvalue weighted by atomic mass is 10.1. The fraction of sp³-hybridized carbons (Fsp3) is 0.467. The Morgan fingerprint density at radius 1 is 1.42 bits per heavy atom. The predicted octanol–water partition coefficient (Wildman–Crippen LogP) is 4.23. The molecule has 4 heteroatoms. The molecule has 3 nitrogen and oxygen atoms in total. The molecule has 1 N–H and O–H groups in total. The van der Waals surface area contributed by atoms with Crippen LogP contribution in [0.4, 0.5) is 5.13 Å². The van der Waals surface area contributed by atoms with Crippen molar-refractivity contribution in [1.29, 1.82) is 0 Å². The van der Waals surface area contributed by atoms with Crippen molar-refractivity contribution in [2.75, 3.05) is 5.32 Å². The molecule has 0 bridgehead atoms. The van der Waals surface area contributed by atoms with Gasteiger partial charge in [-0.25, -0.2) is 4.98 Å². The van der Waals surface area contributed by atoms with Crippen LogP contribution < -0.4 is 5.32 Å². The minimum absolute atomic E-state index is 0.0188. The molecular formula is C15H20N2OS. The summed E-state index contributed by atoms with van der Waals surface area (Å²) in [5, 5.41) is 3.56. The van der Waals surface area contributed by atoms with E-state index in [1.54, 1.807) is 11.3 Å². The summed E-state index contributed by atoms with van der Waals surface area (Å²) in [7, 11) is 0. The molecule has 1 amide bonds. The second-order valence-electron chi connectivity index (χ2n) is 5.07. The number of aromatic nitrogens is 1. The van der Waals surface area contributed by atoms with E-state index >= 15 is 0 Å². The normalized spacial score (nSPS) is 11.2. The summed E-state index contributed by atoms with van der Waals surface area (Å²) in [6.07, 6.45) is 3.52. The van der Waals surface area contributed by atoms with Crippen LogP contribution in [-0.2, 0) is 11.2 Å². The Morgan fingerprint density at radius 3 is 2.89 bits per heavy atom. The largest absolute Gasteiger partial charge is 0.302 e. The number of fused-ring (bicyclic) bond motifs is 1. The molecule has 0 saturated heterocycles. The number of amides is 1. The van der Waals surface area contributed by atoms with E-state index in [0.717, 1.165) is 16.6 Å². The van der Waals surface area contributed by atoms with Gasteiger partial charge in [0.25, 0.3) is 0 Å². The molecule has 0 spiro atoms. The zero-order valence-electron chi connectivity index (χ0n) is 11.7. The zero-order chi connectivity index (χ0) is 13.8. The molecule has 0 aliphatic rings. The van der Waals surface area contributed by atoms with Crippen molar-refractivity contribution in [2.45, 2.75) is 40.0 Å². The Hall–Kier alpha value is -1.42. The summed E-state index contributed by atoms with van der Waals surface area (Å²) in [5.74, 6) is -0.00242. The van der Waals surface area contributed by atoms with E-state index in [1.165, 1.54) is 18.4 Å². The Labute approximate surface area is 118 Å². The maximum atomic E-state index is 11.7. The van der Waals surface area contributed by atoms with Gasteiger partial charge in [-0.3, -0.25) is 4.79 Å². The molecule has 102 valence electrons. The molecule has 0 aliphatic carbocycles. The number of rotatable bonds is 5. The number of unbranched alkanes of at least 4 members (excludes halogenated alkanes) is 1. The molecule has 0 saturated carbocycles. The summed E-state index contributed by atoms with van der Waals surface area (Å²) >= 11 is 1.55. The van der Waals surface area contributed by atoms with E-state index < -0.39 is 0 Å². The van der Waals surface area contributed by atoms with Crippen LogP contribution in [0.15, 0.2) is 18.2 Å². The molecule has 0 atom stereocenters. The maximum absolute atomic E-state index is 11.7. The minimum atomic E-state index is -0.0212. The molecule has 0 aliphatic heterocycles. The van der Waals surface area contributed by atoms with Gasteiger partial charge in [-0.05, 0) is 30.5 Å². The van der Waals surface area contributed by atoms with Crippen molar-refractivity contribution in [3.8, 4) is 0 Å². The molecule has 2 aromatic rings. The second kappa shape index (κ2) is 6.15. The third-order valence-corrected chi connectivity index (χ3v) is 3.96. The number of aryl methyl sites for hydroxylation is 1. The van der Waals surface area contributed by atoms with E-state index in [4.69, 9.17) is 0 Å². The van der Waals surface area contributed by atoms with Crippen LogP contribution >= 0.6 is 11.3 Å². The Kier molecular flexibility index (Phi) is 4.53. The average molecular weight is 276 g/mol. The number of hydrogen-bond acceptors (Lipinski definition) is 3. The molecule has 1 aromatic heterocycles. The van der Waals surface area contributed by atoms with E-state index in [1.807, 2.05) is 19.9 Å². The molecule has 0 unspecified atom stereocenters. The van der Waals surface area contributed by atoms with Gasteiger partial charge in [0, 0.05) is 5.92 Å². The quantitative estimate of drug-likeness (QED) is 0.887. The van der Waals surface area contributed by atoms with Crippen LogP contribution in [0.5, 0.6) is 0 Å². The fourth-order valence-electron chi connectivity index (χ4n) is 1.81. The van der Waals surface area contributed by atoms with E-state index in [2.05, 4.69) is 29.4 Å². The van der Waals surface area contributed by atoms with Crippen molar-refractivity contribution in [1.82, 2.24) is 4.98 Å². The van der Waals surface area contributed by atoms with E-state index in [9.17, 15) is 4.79 Å². The van der Waals surface area contributed by atoms with Gasteiger partial charge in [0.1, 0.15) is 0 Å². The highest BCUT2D eigenvalue weighted by molar-refractivity contribution is 7.22. The number of nitrogens with zero attached hydrogens (tertiary/aromatic N) is 1. The Balaban J connectivity index is 2.18. The van der Waals surface area contributed by atoms with Crippen LogP contribution in [0, 0.1) is 5.92 Å². The molecule has 19 heavy (non-hydrogen) atoms. The van der Waals surface area contributed by atoms with Crippen molar-refractivity contribution >= 4 is 32.6 Å². The highest BCUT2D eigenvalue weighted by atomic mass is 32.1. The summed E-state index contributed by atoms with van der Waals surface area (Å²) in [5.41, 5.74) is 2.31. The van der Waals surface area contributed by atoms with Crippen LogP contribution in [0.3, 0.4) is 0 Å². The van der Waals surface area contributed by atoms with Crippen LogP contribution in [-0.4, -0.2) is 10.9 Å². The lowest BCUT2D eigenvalue weighted by molar-refractivity contribution is -0.118. The van der Waals surface area contributed by atoms with Gasteiger partial charge < -0.3 is 5.32 Å². The van der Waals surface area contributed by atoms with E-state index in [-0.39, 0.29) is 11.8 Å². The summed E-state index contributed by atoms with van der Waals surface area (Å²) in [6.45, 7) is 5.96. The lowest BCUT2D eigenvalue weighted by Crippen LogP contribution is -2.17. The topological polar surface area (TPSA) is 42.0 Å². The summed E-state index contributed by atoms with van der Waals surface area (Å²) in [6, 6.07) is 6.36. The first-order valence-electron chi connectivity index (χ1n) is 6.80. The summed E-state index contributed by atoms with van der Waals surface area (Å²) in [4.78, 5) is 16.1. The van der Waals surface area contributed by atoms with Crippen LogP contribution in [0.1, 0.15) is 39.2 Å². The first kappa shape index (κ1) is 14.0. The first-order valence-corrected chi connectivity index (χ1v) is 7.62. The molecule has 1 heterocycles. The van der Waals surface area contributed by atoms with Gasteiger partial charge >= 0.3 is 0 Å². The number of hydrogen-bond donors (Lipinski definition) is 1. The maximum Gasteiger partial charge on any atom is 0.228 e. The SMILES string of the molecule is CCCCc1ccc2nc(NC(=O)C(C)C)sc2c1. The number of benzene rings is 1. The fourth-order valence-corrected chi connectivity index (χ4v) is 2.74. The van der Waals surface area contributed by atoms with Crippen molar-refractivity contribution < 1.29 is 4.79 Å². The summed E-state index contributed by atoms with van der Waals surface area (Å²) < 4.78 is 1.15. The van der Waals surface area contributed by atoms with Crippen molar-refractivity contribution in [3.63, 3.8) is 0 Å².